The molecule has 0 radical (unpaired) electrons. The zero-order valence-corrected chi connectivity index (χ0v) is 9.29. The van der Waals surface area contributed by atoms with E-state index < -0.39 is 0 Å². The van der Waals surface area contributed by atoms with Crippen molar-refractivity contribution >= 4 is 11.6 Å². The Balaban J connectivity index is 1.89. The quantitative estimate of drug-likeness (QED) is 0.449. The normalized spacial score (nSPS) is 51.8. The van der Waals surface area contributed by atoms with Crippen LogP contribution in [0, 0.1) is 22.0 Å². The molecular formula is C10H15ClN2O2. The average molecular weight is 231 g/mol. The van der Waals surface area contributed by atoms with Crippen LogP contribution in [0.25, 0.3) is 0 Å². The van der Waals surface area contributed by atoms with Gasteiger partial charge in [-0.3, -0.25) is 0 Å². The third-order valence-electron chi connectivity index (χ3n) is 4.32. The molecule has 0 aliphatic heterocycles. The van der Waals surface area contributed by atoms with Gasteiger partial charge < -0.3 is 0 Å². The van der Waals surface area contributed by atoms with Gasteiger partial charge in [0, 0.05) is 4.87 Å². The fourth-order valence-corrected chi connectivity index (χ4v) is 5.17. The molecule has 4 rings (SSSR count). The summed E-state index contributed by atoms with van der Waals surface area (Å²) in [6, 6.07) is 0. The molecule has 84 valence electrons. The second-order valence-corrected chi connectivity index (χ2v) is 6.56. The van der Waals surface area contributed by atoms with E-state index in [4.69, 9.17) is 11.6 Å². The molecule has 4 aliphatic carbocycles. The van der Waals surface area contributed by atoms with Gasteiger partial charge in [0.05, 0.1) is 5.54 Å². The molecule has 4 saturated carbocycles. The summed E-state index contributed by atoms with van der Waals surface area (Å²) in [4.78, 5) is 10.5. The summed E-state index contributed by atoms with van der Waals surface area (Å²) in [7, 11) is 0. The maximum absolute atomic E-state index is 10.6. The van der Waals surface area contributed by atoms with Crippen LogP contribution in [0.2, 0.25) is 0 Å². The average Bonchev–Trinajstić information content (AvgIpc) is 1.94. The van der Waals surface area contributed by atoms with Crippen LogP contribution in [0.15, 0.2) is 0 Å². The lowest BCUT2D eigenvalue weighted by Crippen LogP contribution is -2.63. The fraction of sp³-hybridized carbons (Fsp3) is 1.00. The second-order valence-electron chi connectivity index (χ2n) is 5.76. The fourth-order valence-electron chi connectivity index (χ4n) is 4.48. The molecule has 4 fully saturated rings. The minimum atomic E-state index is -0.382. The number of nitrogens with one attached hydrogen (secondary N) is 1. The van der Waals surface area contributed by atoms with Crippen molar-refractivity contribution in [3.63, 3.8) is 0 Å². The molecule has 4 nitrogen and oxygen atoms in total. The van der Waals surface area contributed by atoms with Gasteiger partial charge in [-0.15, -0.1) is 17.0 Å². The van der Waals surface area contributed by atoms with E-state index in [0.717, 1.165) is 32.1 Å². The Kier molecular flexibility index (Phi) is 1.80. The first kappa shape index (κ1) is 9.70. The van der Waals surface area contributed by atoms with E-state index in [0.29, 0.717) is 11.8 Å². The van der Waals surface area contributed by atoms with Gasteiger partial charge in [0.1, 0.15) is 0 Å². The summed E-state index contributed by atoms with van der Waals surface area (Å²) in [5.74, 6) is 1.22. The van der Waals surface area contributed by atoms with Gasteiger partial charge in [0.25, 0.3) is 0 Å². The molecule has 4 aliphatic rings. The Bertz CT molecular complexity index is 307. The van der Waals surface area contributed by atoms with Gasteiger partial charge in [0.15, 0.2) is 5.03 Å². The minimum absolute atomic E-state index is 0.146. The van der Waals surface area contributed by atoms with Gasteiger partial charge >= 0.3 is 0 Å². The molecule has 4 atom stereocenters. The molecule has 4 bridgehead atoms. The van der Waals surface area contributed by atoms with Crippen LogP contribution in [0.4, 0.5) is 0 Å². The van der Waals surface area contributed by atoms with Crippen molar-refractivity contribution in [2.45, 2.75) is 48.9 Å². The lowest BCUT2D eigenvalue weighted by Gasteiger charge is -2.58. The zero-order valence-electron chi connectivity index (χ0n) is 8.54. The molecule has 15 heavy (non-hydrogen) atoms. The summed E-state index contributed by atoms with van der Waals surface area (Å²) < 4.78 is 0. The molecule has 2 unspecified atom stereocenters. The summed E-state index contributed by atoms with van der Waals surface area (Å²) in [5.41, 5.74) is 2.25. The minimum Gasteiger partial charge on any atom is -0.235 e. The smallest absolute Gasteiger partial charge is 0.158 e. The van der Waals surface area contributed by atoms with Crippen molar-refractivity contribution < 1.29 is 5.03 Å². The van der Waals surface area contributed by atoms with E-state index in [1.54, 1.807) is 0 Å². The van der Waals surface area contributed by atoms with E-state index in [-0.39, 0.29) is 15.4 Å². The van der Waals surface area contributed by atoms with Gasteiger partial charge in [0.2, 0.25) is 0 Å². The Hall–Kier alpha value is -0.510. The topological polar surface area (TPSA) is 55.2 Å². The highest BCUT2D eigenvalue weighted by Gasteiger charge is 2.59. The van der Waals surface area contributed by atoms with E-state index in [1.807, 2.05) is 0 Å². The van der Waals surface area contributed by atoms with Crippen LogP contribution in [0.5, 0.6) is 0 Å². The highest BCUT2D eigenvalue weighted by Crippen LogP contribution is 2.59. The van der Waals surface area contributed by atoms with Crippen molar-refractivity contribution in [1.29, 1.82) is 0 Å². The third-order valence-corrected chi connectivity index (χ3v) is 4.76. The molecular weight excluding hydrogens is 216 g/mol. The second kappa shape index (κ2) is 2.78. The highest BCUT2D eigenvalue weighted by molar-refractivity contribution is 6.24. The number of alkyl halides is 1. The van der Waals surface area contributed by atoms with Crippen LogP contribution < -0.4 is 5.43 Å². The van der Waals surface area contributed by atoms with Crippen LogP contribution in [0.3, 0.4) is 0 Å². The molecule has 0 amide bonds. The Morgan fingerprint density at radius 1 is 1.27 bits per heavy atom. The number of hydrogen-bond donors (Lipinski definition) is 1. The SMILES string of the molecule is O=[N+]([O-])NC12C[C@@H]3C[C@@H](CC(Cl)(C3)C1)C2. The number of nitrogens with zero attached hydrogens (tertiary/aromatic N) is 1. The summed E-state index contributed by atoms with van der Waals surface area (Å²) >= 11 is 6.54. The zero-order chi connectivity index (χ0) is 10.7. The number of nitro groups is 1. The van der Waals surface area contributed by atoms with Crippen LogP contribution in [0.1, 0.15) is 38.5 Å². The predicted molar refractivity (Wildman–Crippen MR) is 56.1 cm³/mol. The van der Waals surface area contributed by atoms with E-state index in [2.05, 4.69) is 5.43 Å². The number of hydrazine groups is 1. The Morgan fingerprint density at radius 2 is 1.87 bits per heavy atom. The Morgan fingerprint density at radius 3 is 2.33 bits per heavy atom. The largest absolute Gasteiger partial charge is 0.235 e. The molecule has 0 aromatic rings. The number of hydrogen-bond acceptors (Lipinski definition) is 2. The van der Waals surface area contributed by atoms with Crippen molar-refractivity contribution in [3.05, 3.63) is 10.1 Å². The van der Waals surface area contributed by atoms with E-state index in [1.165, 1.54) is 6.42 Å². The number of halogens is 1. The lowest BCUT2D eigenvalue weighted by atomic mass is 9.53. The maximum atomic E-state index is 10.6. The van der Waals surface area contributed by atoms with E-state index >= 15 is 0 Å². The van der Waals surface area contributed by atoms with Crippen LogP contribution in [-0.4, -0.2) is 15.4 Å². The summed E-state index contributed by atoms with van der Waals surface area (Å²) in [6.45, 7) is 0. The predicted octanol–water partition coefficient (Wildman–Crippen LogP) is 2.10. The monoisotopic (exact) mass is 230 g/mol. The lowest BCUT2D eigenvalue weighted by molar-refractivity contribution is -0.563. The van der Waals surface area contributed by atoms with Gasteiger partial charge in [-0.2, -0.15) is 0 Å². The molecule has 1 N–H and O–H groups in total. The summed E-state index contributed by atoms with van der Waals surface area (Å²) in [6.07, 6.45) is 6.02. The standard InChI is InChI=1S/C10H15ClN2O2/c11-9-2-7-1-8(3-9)5-10(4-7,6-9)12-13(14)15/h7-8,12H,1-6H2/t7-,8+,9?,10?. The maximum Gasteiger partial charge on any atom is 0.158 e. The molecule has 0 aromatic carbocycles. The number of rotatable bonds is 2. The van der Waals surface area contributed by atoms with Gasteiger partial charge in [-0.25, -0.2) is 10.1 Å². The molecule has 5 heteroatoms. The van der Waals surface area contributed by atoms with E-state index in [9.17, 15) is 10.1 Å². The van der Waals surface area contributed by atoms with Crippen molar-refractivity contribution in [2.24, 2.45) is 11.8 Å². The first-order valence-corrected chi connectivity index (χ1v) is 5.98. The van der Waals surface area contributed by atoms with Crippen molar-refractivity contribution in [1.82, 2.24) is 5.43 Å². The van der Waals surface area contributed by atoms with Crippen LogP contribution in [-0.2, 0) is 0 Å². The van der Waals surface area contributed by atoms with Gasteiger partial charge in [-0.05, 0) is 50.4 Å². The first-order valence-electron chi connectivity index (χ1n) is 5.60. The van der Waals surface area contributed by atoms with Crippen molar-refractivity contribution in [3.8, 4) is 0 Å². The molecule has 0 saturated heterocycles. The molecule has 0 heterocycles. The first-order chi connectivity index (χ1) is 6.99. The highest BCUT2D eigenvalue weighted by atomic mass is 35.5. The van der Waals surface area contributed by atoms with Crippen LogP contribution >= 0.6 is 11.6 Å². The third kappa shape index (κ3) is 1.50. The Labute approximate surface area is 93.5 Å². The molecule has 0 aromatic heterocycles. The van der Waals surface area contributed by atoms with Crippen molar-refractivity contribution in [2.75, 3.05) is 0 Å². The summed E-state index contributed by atoms with van der Waals surface area (Å²) in [5, 5.41) is 10.3. The van der Waals surface area contributed by atoms with Gasteiger partial charge in [-0.1, -0.05) is 0 Å². The molecule has 0 spiro atoms.